The van der Waals surface area contributed by atoms with Crippen LogP contribution in [0.1, 0.15) is 70.1 Å². The Morgan fingerprint density at radius 2 is 1.26 bits per heavy atom. The monoisotopic (exact) mass is 416 g/mol. The largest absolute Gasteiger partial charge is 0.461 e. The summed E-state index contributed by atoms with van der Waals surface area (Å²) in [6, 6.07) is 18.2. The van der Waals surface area contributed by atoms with Crippen LogP contribution in [0.5, 0.6) is 0 Å². The normalized spacial score (nSPS) is 12.0. The highest BCUT2D eigenvalue weighted by atomic mass is 16.5. The van der Waals surface area contributed by atoms with Crippen molar-refractivity contribution in [2.45, 2.75) is 59.3 Å². The standard InChI is InChI=1S/C27H32N2O2/c1-8-31-25(30)23-17-22(18-9-13-20(14-10-18)26(2,3)4)28-24(29-23)19-11-15-21(16-12-19)27(5,6)7/h9-17H,8H2,1-7H3. The molecule has 1 heterocycles. The molecule has 0 aliphatic heterocycles. The van der Waals surface area contributed by atoms with Crippen LogP contribution in [0.15, 0.2) is 54.6 Å². The van der Waals surface area contributed by atoms with Crippen molar-refractivity contribution in [3.8, 4) is 22.6 Å². The molecule has 0 saturated carbocycles. The number of aromatic nitrogens is 2. The summed E-state index contributed by atoms with van der Waals surface area (Å²) < 4.78 is 5.21. The van der Waals surface area contributed by atoms with E-state index in [0.29, 0.717) is 18.1 Å². The molecule has 3 aromatic rings. The first-order valence-electron chi connectivity index (χ1n) is 10.8. The molecule has 0 unspecified atom stereocenters. The quantitative estimate of drug-likeness (QED) is 0.451. The first-order chi connectivity index (χ1) is 14.5. The Balaban J connectivity index is 2.08. The molecule has 31 heavy (non-hydrogen) atoms. The number of rotatable bonds is 4. The van der Waals surface area contributed by atoms with Crippen LogP contribution in [-0.4, -0.2) is 22.5 Å². The van der Waals surface area contributed by atoms with E-state index >= 15 is 0 Å². The molecule has 4 heteroatoms. The first-order valence-corrected chi connectivity index (χ1v) is 10.8. The molecule has 3 rings (SSSR count). The molecule has 0 bridgehead atoms. The van der Waals surface area contributed by atoms with Gasteiger partial charge in [-0.15, -0.1) is 0 Å². The minimum absolute atomic E-state index is 0.0616. The lowest BCUT2D eigenvalue weighted by molar-refractivity contribution is 0.0519. The lowest BCUT2D eigenvalue weighted by Gasteiger charge is -2.19. The molecule has 1 aromatic heterocycles. The van der Waals surface area contributed by atoms with Gasteiger partial charge in [-0.2, -0.15) is 0 Å². The summed E-state index contributed by atoms with van der Waals surface area (Å²) in [6.45, 7) is 15.2. The van der Waals surface area contributed by atoms with Crippen LogP contribution in [0.4, 0.5) is 0 Å². The SMILES string of the molecule is CCOC(=O)c1cc(-c2ccc(C(C)(C)C)cc2)nc(-c2ccc(C(C)(C)C)cc2)n1. The van der Waals surface area contributed by atoms with Crippen molar-refractivity contribution in [2.75, 3.05) is 6.61 Å². The van der Waals surface area contributed by atoms with E-state index < -0.39 is 5.97 Å². The number of hydrogen-bond donors (Lipinski definition) is 0. The lowest BCUT2D eigenvalue weighted by Crippen LogP contribution is -2.11. The highest BCUT2D eigenvalue weighted by Gasteiger charge is 2.18. The second-order valence-electron chi connectivity index (χ2n) is 9.84. The zero-order valence-electron chi connectivity index (χ0n) is 19.6. The third-order valence-electron chi connectivity index (χ3n) is 5.27. The van der Waals surface area contributed by atoms with Crippen molar-refractivity contribution >= 4 is 5.97 Å². The Labute approximate surface area is 185 Å². The van der Waals surface area contributed by atoms with E-state index in [1.165, 1.54) is 11.1 Å². The van der Waals surface area contributed by atoms with Gasteiger partial charge in [0.2, 0.25) is 0 Å². The summed E-state index contributed by atoms with van der Waals surface area (Å²) in [7, 11) is 0. The topological polar surface area (TPSA) is 52.1 Å². The summed E-state index contributed by atoms with van der Waals surface area (Å²) in [4.78, 5) is 21.8. The molecular formula is C27H32N2O2. The molecule has 0 aliphatic rings. The Kier molecular flexibility index (Phi) is 6.30. The maximum absolute atomic E-state index is 12.5. The number of ether oxygens (including phenoxy) is 1. The van der Waals surface area contributed by atoms with Crippen LogP contribution in [0.3, 0.4) is 0 Å². The van der Waals surface area contributed by atoms with Crippen molar-refractivity contribution < 1.29 is 9.53 Å². The van der Waals surface area contributed by atoms with Crippen LogP contribution in [0.25, 0.3) is 22.6 Å². The Hall–Kier alpha value is -3.01. The van der Waals surface area contributed by atoms with Gasteiger partial charge in [-0.3, -0.25) is 0 Å². The van der Waals surface area contributed by atoms with Crippen LogP contribution in [-0.2, 0) is 15.6 Å². The van der Waals surface area contributed by atoms with Gasteiger partial charge in [0, 0.05) is 11.1 Å². The Morgan fingerprint density at radius 3 is 1.71 bits per heavy atom. The average Bonchev–Trinajstić information content (AvgIpc) is 2.72. The van der Waals surface area contributed by atoms with E-state index in [1.54, 1.807) is 13.0 Å². The van der Waals surface area contributed by atoms with Gasteiger partial charge in [0.05, 0.1) is 12.3 Å². The third kappa shape index (κ3) is 5.38. The summed E-state index contributed by atoms with van der Waals surface area (Å²) >= 11 is 0. The lowest BCUT2D eigenvalue weighted by atomic mass is 9.86. The van der Waals surface area contributed by atoms with Gasteiger partial charge < -0.3 is 4.74 Å². The van der Waals surface area contributed by atoms with E-state index in [9.17, 15) is 4.79 Å². The molecular weight excluding hydrogens is 384 g/mol. The first kappa shape index (κ1) is 22.7. The zero-order chi connectivity index (χ0) is 22.8. The van der Waals surface area contributed by atoms with E-state index in [-0.39, 0.29) is 16.5 Å². The molecule has 0 aliphatic carbocycles. The summed E-state index contributed by atoms with van der Waals surface area (Å²) in [5.41, 5.74) is 5.38. The van der Waals surface area contributed by atoms with Gasteiger partial charge in [0.15, 0.2) is 11.5 Å². The molecule has 0 saturated heterocycles. The van der Waals surface area contributed by atoms with Gasteiger partial charge in [-0.25, -0.2) is 14.8 Å². The molecule has 0 N–H and O–H groups in total. The fourth-order valence-corrected chi connectivity index (χ4v) is 3.29. The van der Waals surface area contributed by atoms with Gasteiger partial charge in [0.25, 0.3) is 0 Å². The number of esters is 1. The van der Waals surface area contributed by atoms with E-state index in [1.807, 2.05) is 24.3 Å². The van der Waals surface area contributed by atoms with Crippen LogP contribution in [0, 0.1) is 0 Å². The van der Waals surface area contributed by atoms with E-state index in [0.717, 1.165) is 11.1 Å². The second-order valence-corrected chi connectivity index (χ2v) is 9.84. The minimum atomic E-state index is -0.440. The van der Waals surface area contributed by atoms with Crippen molar-refractivity contribution in [3.05, 3.63) is 71.4 Å². The molecule has 0 spiro atoms. The van der Waals surface area contributed by atoms with Crippen LogP contribution in [0.2, 0.25) is 0 Å². The van der Waals surface area contributed by atoms with E-state index in [2.05, 4.69) is 70.8 Å². The molecule has 0 atom stereocenters. The average molecular weight is 417 g/mol. The Bertz CT molecular complexity index is 979. The maximum Gasteiger partial charge on any atom is 0.357 e. The molecule has 4 nitrogen and oxygen atoms in total. The summed E-state index contributed by atoms with van der Waals surface area (Å²) in [5, 5.41) is 0. The highest BCUT2D eigenvalue weighted by Crippen LogP contribution is 2.28. The third-order valence-corrected chi connectivity index (χ3v) is 5.27. The molecule has 2 aromatic carbocycles. The Morgan fingerprint density at radius 1 is 0.774 bits per heavy atom. The molecule has 0 fully saturated rings. The zero-order valence-corrected chi connectivity index (χ0v) is 19.6. The molecule has 162 valence electrons. The fourth-order valence-electron chi connectivity index (χ4n) is 3.29. The van der Waals surface area contributed by atoms with Crippen molar-refractivity contribution in [1.29, 1.82) is 0 Å². The predicted octanol–water partition coefficient (Wildman–Crippen LogP) is 6.58. The highest BCUT2D eigenvalue weighted by molar-refractivity contribution is 5.89. The molecule has 0 radical (unpaired) electrons. The number of carbonyl (C=O) groups is 1. The van der Waals surface area contributed by atoms with Gasteiger partial charge in [-0.05, 0) is 34.9 Å². The number of carbonyl (C=O) groups excluding carboxylic acids is 1. The number of nitrogens with zero attached hydrogens (tertiary/aromatic N) is 2. The fraction of sp³-hybridized carbons (Fsp3) is 0.370. The molecule has 0 amide bonds. The second kappa shape index (κ2) is 8.62. The smallest absolute Gasteiger partial charge is 0.357 e. The van der Waals surface area contributed by atoms with Gasteiger partial charge in [-0.1, -0.05) is 90.1 Å². The summed E-state index contributed by atoms with van der Waals surface area (Å²) in [6.07, 6.45) is 0. The van der Waals surface area contributed by atoms with E-state index in [4.69, 9.17) is 9.72 Å². The van der Waals surface area contributed by atoms with Crippen molar-refractivity contribution in [1.82, 2.24) is 9.97 Å². The summed E-state index contributed by atoms with van der Waals surface area (Å²) in [5.74, 6) is 0.0749. The number of benzene rings is 2. The maximum atomic E-state index is 12.5. The minimum Gasteiger partial charge on any atom is -0.461 e. The van der Waals surface area contributed by atoms with Gasteiger partial charge >= 0.3 is 5.97 Å². The van der Waals surface area contributed by atoms with Gasteiger partial charge in [0.1, 0.15) is 0 Å². The number of hydrogen-bond acceptors (Lipinski definition) is 4. The van der Waals surface area contributed by atoms with Crippen molar-refractivity contribution in [3.63, 3.8) is 0 Å². The van der Waals surface area contributed by atoms with Crippen LogP contribution >= 0.6 is 0 Å². The van der Waals surface area contributed by atoms with Crippen molar-refractivity contribution in [2.24, 2.45) is 0 Å². The predicted molar refractivity (Wildman–Crippen MR) is 126 cm³/mol. The van der Waals surface area contributed by atoms with Crippen LogP contribution < -0.4 is 0 Å².